The van der Waals surface area contributed by atoms with Crippen LogP contribution in [-0.2, 0) is 19.1 Å². The van der Waals surface area contributed by atoms with E-state index in [1.807, 2.05) is 6.92 Å². The molecule has 5 atom stereocenters. The van der Waals surface area contributed by atoms with Gasteiger partial charge >= 0.3 is 5.97 Å². The number of ether oxygens (including phenoxy) is 1. The molecule has 29 heavy (non-hydrogen) atoms. The minimum absolute atomic E-state index is 0.0105. The quantitative estimate of drug-likeness (QED) is 0.501. The van der Waals surface area contributed by atoms with Gasteiger partial charge in [-0.1, -0.05) is 26.2 Å². The number of nitrogens with zero attached hydrogens (tertiary/aromatic N) is 1. The lowest BCUT2D eigenvalue weighted by atomic mass is 9.79. The summed E-state index contributed by atoms with van der Waals surface area (Å²) in [5.74, 6) is -0.804. The van der Waals surface area contributed by atoms with Crippen molar-refractivity contribution in [1.29, 1.82) is 0 Å². The Hall–Kier alpha value is -1.54. The number of hydrogen-bond acceptors (Lipinski definition) is 6. The number of esters is 1. The lowest BCUT2D eigenvalue weighted by Gasteiger charge is -2.46. The molecule has 160 valence electrons. The number of amides is 2. The van der Waals surface area contributed by atoms with Crippen molar-refractivity contribution in [2.45, 2.75) is 69.8 Å². The zero-order valence-corrected chi connectivity index (χ0v) is 17.9. The molecule has 3 fully saturated rings. The third-order valence-corrected chi connectivity index (χ3v) is 8.20. The van der Waals surface area contributed by atoms with Gasteiger partial charge in [-0.3, -0.25) is 9.59 Å². The summed E-state index contributed by atoms with van der Waals surface area (Å²) in [6.45, 7) is 4.57. The first-order valence-electron chi connectivity index (χ1n) is 10.7. The predicted molar refractivity (Wildman–Crippen MR) is 109 cm³/mol. The molecular weight excluding hydrogens is 392 g/mol. The highest BCUT2D eigenvalue weighted by Gasteiger charge is 2.60. The van der Waals surface area contributed by atoms with E-state index in [2.05, 4.69) is 5.32 Å². The van der Waals surface area contributed by atoms with Crippen molar-refractivity contribution in [3.8, 4) is 0 Å². The average Bonchev–Trinajstić information content (AvgIpc) is 3.20. The van der Waals surface area contributed by atoms with Crippen LogP contribution in [0.2, 0.25) is 0 Å². The number of carbonyl (C=O) groups excluding carboxylic acids is 3. The second-order valence-corrected chi connectivity index (χ2v) is 10.2. The topological polar surface area (TPSA) is 95.9 Å². The molecule has 0 bridgehead atoms. The van der Waals surface area contributed by atoms with E-state index in [0.29, 0.717) is 31.2 Å². The highest BCUT2D eigenvalue weighted by atomic mass is 32.2. The Labute approximate surface area is 175 Å². The third-order valence-electron chi connectivity index (χ3n) is 6.71. The standard InChI is InChI=1S/C21H30N2O5S/c1-11-17-16(12(2)24)20(26)23(17)18(19(11)29-14-8-15(25)22-9-14)21(27)28-10-13-6-4-3-5-7-13/h11-14,16-17,24H,3-10H2,1-2H3,(H,22,25)/t11-,12-,14?,16?,17?/m1/s1. The number of hydrogen-bond donors (Lipinski definition) is 2. The number of thioether (sulfide) groups is 1. The van der Waals surface area contributed by atoms with Crippen molar-refractivity contribution in [2.75, 3.05) is 13.2 Å². The lowest BCUT2D eigenvalue weighted by molar-refractivity contribution is -0.164. The fourth-order valence-corrected chi connectivity index (χ4v) is 6.53. The number of aliphatic hydroxyl groups is 1. The van der Waals surface area contributed by atoms with E-state index >= 15 is 0 Å². The van der Waals surface area contributed by atoms with Crippen LogP contribution < -0.4 is 5.32 Å². The van der Waals surface area contributed by atoms with Gasteiger partial charge in [0.25, 0.3) is 0 Å². The summed E-state index contributed by atoms with van der Waals surface area (Å²) >= 11 is 1.51. The smallest absolute Gasteiger partial charge is 0.355 e. The molecule has 3 unspecified atom stereocenters. The first-order chi connectivity index (χ1) is 13.9. The second-order valence-electron chi connectivity index (χ2n) is 8.82. The normalized spacial score (nSPS) is 33.4. The van der Waals surface area contributed by atoms with Crippen LogP contribution in [0.5, 0.6) is 0 Å². The van der Waals surface area contributed by atoms with Crippen molar-refractivity contribution >= 4 is 29.5 Å². The molecule has 7 nitrogen and oxygen atoms in total. The van der Waals surface area contributed by atoms with Gasteiger partial charge in [0.15, 0.2) is 0 Å². The highest BCUT2D eigenvalue weighted by molar-refractivity contribution is 8.03. The molecule has 4 rings (SSSR count). The molecule has 0 radical (unpaired) electrons. The molecule has 2 saturated heterocycles. The van der Waals surface area contributed by atoms with Gasteiger partial charge in [0.1, 0.15) is 5.70 Å². The molecule has 1 aliphatic carbocycles. The molecule has 3 aliphatic heterocycles. The van der Waals surface area contributed by atoms with Crippen molar-refractivity contribution in [2.24, 2.45) is 17.8 Å². The Morgan fingerprint density at radius 1 is 1.31 bits per heavy atom. The molecule has 2 N–H and O–H groups in total. The van der Waals surface area contributed by atoms with E-state index in [4.69, 9.17) is 4.74 Å². The minimum Gasteiger partial charge on any atom is -0.461 e. The van der Waals surface area contributed by atoms with Gasteiger partial charge in [-0.2, -0.15) is 0 Å². The number of β-lactam (4-membered cyclic amide) rings is 1. The molecule has 0 aromatic carbocycles. The van der Waals surface area contributed by atoms with E-state index in [9.17, 15) is 19.5 Å². The number of nitrogens with one attached hydrogen (secondary N) is 1. The molecule has 3 heterocycles. The van der Waals surface area contributed by atoms with Crippen LogP contribution in [0, 0.1) is 17.8 Å². The van der Waals surface area contributed by atoms with Crippen molar-refractivity contribution < 1.29 is 24.2 Å². The Morgan fingerprint density at radius 3 is 2.66 bits per heavy atom. The fourth-order valence-electron chi connectivity index (χ4n) is 5.13. The van der Waals surface area contributed by atoms with E-state index < -0.39 is 18.0 Å². The summed E-state index contributed by atoms with van der Waals surface area (Å²) in [5.41, 5.74) is 0.338. The largest absolute Gasteiger partial charge is 0.461 e. The van der Waals surface area contributed by atoms with Crippen LogP contribution in [0.25, 0.3) is 0 Å². The summed E-state index contributed by atoms with van der Waals surface area (Å²) in [6.07, 6.45) is 5.40. The van der Waals surface area contributed by atoms with E-state index in [0.717, 1.165) is 17.7 Å². The molecule has 4 aliphatic rings. The number of carbonyl (C=O) groups is 3. The number of fused-ring (bicyclic) bond motifs is 1. The highest BCUT2D eigenvalue weighted by Crippen LogP contribution is 2.52. The fraction of sp³-hybridized carbons (Fsp3) is 0.762. The molecule has 0 aromatic heterocycles. The van der Waals surface area contributed by atoms with Gasteiger partial charge in [0.2, 0.25) is 11.8 Å². The van der Waals surface area contributed by atoms with Gasteiger partial charge in [-0.05, 0) is 25.7 Å². The second kappa shape index (κ2) is 8.30. The maximum atomic E-state index is 13.1. The predicted octanol–water partition coefficient (Wildman–Crippen LogP) is 1.80. The van der Waals surface area contributed by atoms with E-state index in [-0.39, 0.29) is 29.0 Å². The van der Waals surface area contributed by atoms with E-state index in [1.165, 1.54) is 35.9 Å². The van der Waals surface area contributed by atoms with E-state index in [1.54, 1.807) is 6.92 Å². The average molecular weight is 423 g/mol. The van der Waals surface area contributed by atoms with Gasteiger partial charge < -0.3 is 20.1 Å². The summed E-state index contributed by atoms with van der Waals surface area (Å²) in [4.78, 5) is 39.8. The maximum absolute atomic E-state index is 13.1. The third kappa shape index (κ3) is 3.81. The Balaban J connectivity index is 1.53. The molecule has 0 aromatic rings. The van der Waals surface area contributed by atoms with Gasteiger partial charge in [-0.15, -0.1) is 11.8 Å². The Morgan fingerprint density at radius 2 is 2.03 bits per heavy atom. The van der Waals surface area contributed by atoms with Crippen LogP contribution in [0.15, 0.2) is 10.6 Å². The number of rotatable bonds is 6. The Kier molecular flexibility index (Phi) is 5.93. The van der Waals surface area contributed by atoms with Gasteiger partial charge in [0, 0.05) is 29.0 Å². The van der Waals surface area contributed by atoms with Crippen LogP contribution in [-0.4, -0.2) is 58.3 Å². The summed E-state index contributed by atoms with van der Waals surface area (Å²) < 4.78 is 5.68. The number of aliphatic hydroxyl groups excluding tert-OH is 1. The van der Waals surface area contributed by atoms with Crippen molar-refractivity contribution in [3.63, 3.8) is 0 Å². The minimum atomic E-state index is -0.759. The first kappa shape index (κ1) is 20.7. The zero-order chi connectivity index (χ0) is 20.7. The first-order valence-corrected chi connectivity index (χ1v) is 11.6. The SMILES string of the molecule is C[C@@H](O)C1C(=O)N2C(C(=O)OCC3CCCCC3)=C(SC3CNC(=O)C3)[C@H](C)C12. The zero-order valence-electron chi connectivity index (χ0n) is 17.1. The summed E-state index contributed by atoms with van der Waals surface area (Å²) in [7, 11) is 0. The van der Waals surface area contributed by atoms with Crippen molar-refractivity contribution in [1.82, 2.24) is 10.2 Å². The summed E-state index contributed by atoms with van der Waals surface area (Å²) in [5, 5.41) is 12.9. The molecular formula is C21H30N2O5S. The molecule has 1 saturated carbocycles. The van der Waals surface area contributed by atoms with Crippen LogP contribution in [0.4, 0.5) is 0 Å². The maximum Gasteiger partial charge on any atom is 0.355 e. The van der Waals surface area contributed by atoms with Gasteiger partial charge in [-0.25, -0.2) is 4.79 Å². The van der Waals surface area contributed by atoms with Crippen molar-refractivity contribution in [3.05, 3.63) is 10.6 Å². The van der Waals surface area contributed by atoms with Crippen LogP contribution >= 0.6 is 11.8 Å². The molecule has 8 heteroatoms. The molecule has 2 amide bonds. The van der Waals surface area contributed by atoms with Crippen LogP contribution in [0.1, 0.15) is 52.4 Å². The summed E-state index contributed by atoms with van der Waals surface area (Å²) in [6, 6.07) is -0.215. The van der Waals surface area contributed by atoms with Gasteiger partial charge in [0.05, 0.1) is 24.7 Å². The monoisotopic (exact) mass is 422 g/mol. The lowest BCUT2D eigenvalue weighted by Crippen LogP contribution is -2.63. The van der Waals surface area contributed by atoms with Crippen LogP contribution in [0.3, 0.4) is 0 Å². The molecule has 0 spiro atoms. The Bertz CT molecular complexity index is 731.